The molecular weight excluding hydrogens is 312 g/mol. The Kier molecular flexibility index (Phi) is 5.90. The van der Waals surface area contributed by atoms with E-state index in [1.807, 2.05) is 24.3 Å². The second-order valence-corrected chi connectivity index (χ2v) is 7.07. The molecule has 1 saturated heterocycles. The molecule has 1 aliphatic carbocycles. The van der Waals surface area contributed by atoms with Gasteiger partial charge in [-0.25, -0.2) is 0 Å². The first kappa shape index (κ1) is 17.7. The van der Waals surface area contributed by atoms with E-state index in [0.717, 1.165) is 18.5 Å². The Labute approximate surface area is 150 Å². The van der Waals surface area contributed by atoms with Crippen molar-refractivity contribution in [3.63, 3.8) is 0 Å². The summed E-state index contributed by atoms with van der Waals surface area (Å²) in [6.45, 7) is 3.28. The third kappa shape index (κ3) is 4.50. The molecule has 0 saturated carbocycles. The predicted molar refractivity (Wildman–Crippen MR) is 100 cm³/mol. The molecule has 1 aromatic carbocycles. The van der Waals surface area contributed by atoms with E-state index in [1.54, 1.807) is 4.90 Å². The Hall–Kier alpha value is -2.10. The van der Waals surface area contributed by atoms with E-state index >= 15 is 0 Å². The average Bonchev–Trinajstić information content (AvgIpc) is 3.04. The van der Waals surface area contributed by atoms with E-state index in [9.17, 15) is 9.59 Å². The van der Waals surface area contributed by atoms with Crippen LogP contribution < -0.4 is 10.2 Å². The van der Waals surface area contributed by atoms with Gasteiger partial charge in [0.2, 0.25) is 11.8 Å². The summed E-state index contributed by atoms with van der Waals surface area (Å²) in [4.78, 5) is 26.4. The Morgan fingerprint density at radius 1 is 1.24 bits per heavy atom. The molecule has 25 heavy (non-hydrogen) atoms. The van der Waals surface area contributed by atoms with Gasteiger partial charge < -0.3 is 10.2 Å². The summed E-state index contributed by atoms with van der Waals surface area (Å²) in [6, 6.07) is 8.06. The van der Waals surface area contributed by atoms with Gasteiger partial charge in [0, 0.05) is 25.2 Å². The third-order valence-electron chi connectivity index (χ3n) is 5.28. The fourth-order valence-electron chi connectivity index (χ4n) is 3.67. The van der Waals surface area contributed by atoms with Crippen molar-refractivity contribution in [2.45, 2.75) is 51.9 Å². The topological polar surface area (TPSA) is 49.4 Å². The minimum Gasteiger partial charge on any atom is -0.355 e. The number of amides is 2. The third-order valence-corrected chi connectivity index (χ3v) is 5.28. The molecule has 1 fully saturated rings. The molecule has 0 unspecified atom stereocenters. The predicted octanol–water partition coefficient (Wildman–Crippen LogP) is 3.61. The van der Waals surface area contributed by atoms with Crippen molar-refractivity contribution in [1.29, 1.82) is 0 Å². The van der Waals surface area contributed by atoms with Crippen LogP contribution in [0.25, 0.3) is 0 Å². The maximum Gasteiger partial charge on any atom is 0.227 e. The van der Waals surface area contributed by atoms with Crippen molar-refractivity contribution in [2.75, 3.05) is 18.0 Å². The molecule has 0 radical (unpaired) electrons. The minimum absolute atomic E-state index is 0.0115. The van der Waals surface area contributed by atoms with Crippen LogP contribution in [0.1, 0.15) is 51.0 Å². The fourth-order valence-corrected chi connectivity index (χ4v) is 3.67. The second kappa shape index (κ2) is 8.32. The molecule has 1 aromatic rings. The highest BCUT2D eigenvalue weighted by Crippen LogP contribution is 2.26. The highest BCUT2D eigenvalue weighted by atomic mass is 16.2. The van der Waals surface area contributed by atoms with Crippen molar-refractivity contribution >= 4 is 17.5 Å². The van der Waals surface area contributed by atoms with Crippen LogP contribution >= 0.6 is 0 Å². The van der Waals surface area contributed by atoms with E-state index in [1.165, 1.54) is 36.8 Å². The molecule has 1 N–H and O–H groups in total. The Morgan fingerprint density at radius 3 is 2.72 bits per heavy atom. The van der Waals surface area contributed by atoms with Crippen molar-refractivity contribution in [2.24, 2.45) is 5.92 Å². The molecule has 1 aliphatic heterocycles. The number of nitrogens with one attached hydrogen (secondary N) is 1. The Morgan fingerprint density at radius 2 is 2.04 bits per heavy atom. The number of benzene rings is 1. The van der Waals surface area contributed by atoms with E-state index < -0.39 is 0 Å². The number of anilines is 1. The highest BCUT2D eigenvalue weighted by Gasteiger charge is 2.34. The lowest BCUT2D eigenvalue weighted by Gasteiger charge is -2.17. The molecule has 0 bridgehead atoms. The number of rotatable bonds is 6. The second-order valence-electron chi connectivity index (χ2n) is 7.07. The number of aryl methyl sites for hydroxylation is 1. The number of allylic oxidation sites excluding steroid dienone is 1. The summed E-state index contributed by atoms with van der Waals surface area (Å²) in [7, 11) is 0. The standard InChI is InChI=1S/C21H28N2O2/c1-2-16-8-10-19(11-9-16)23-15-18(14-20(23)24)21(25)22-13-12-17-6-4-3-5-7-17/h6,8-11,18H,2-5,7,12-15H2,1H3,(H,22,25)/t18-/m1/s1. The van der Waals surface area contributed by atoms with Crippen LogP contribution in [0.3, 0.4) is 0 Å². The van der Waals surface area contributed by atoms with Crippen LogP contribution in [0.15, 0.2) is 35.9 Å². The molecule has 1 heterocycles. The SMILES string of the molecule is CCc1ccc(N2C[C@H](C(=O)NCCC3=CCCCC3)CC2=O)cc1. The van der Waals surface area contributed by atoms with Crippen LogP contribution in [-0.4, -0.2) is 24.9 Å². The number of hydrogen-bond donors (Lipinski definition) is 1. The average molecular weight is 340 g/mol. The highest BCUT2D eigenvalue weighted by molar-refractivity contribution is 6.00. The molecule has 1 atom stereocenters. The fraction of sp³-hybridized carbons (Fsp3) is 0.524. The van der Waals surface area contributed by atoms with Gasteiger partial charge in [0.05, 0.1) is 5.92 Å². The van der Waals surface area contributed by atoms with Gasteiger partial charge in [0.25, 0.3) is 0 Å². The summed E-state index contributed by atoms with van der Waals surface area (Å²) in [5, 5.41) is 3.02. The number of carbonyl (C=O) groups is 2. The lowest BCUT2D eigenvalue weighted by molar-refractivity contribution is -0.126. The molecular formula is C21H28N2O2. The number of carbonyl (C=O) groups excluding carboxylic acids is 2. The lowest BCUT2D eigenvalue weighted by Crippen LogP contribution is -2.33. The molecule has 0 aromatic heterocycles. The summed E-state index contributed by atoms with van der Waals surface area (Å²) >= 11 is 0. The Bertz CT molecular complexity index is 648. The first-order valence-corrected chi connectivity index (χ1v) is 9.52. The minimum atomic E-state index is -0.237. The molecule has 4 nitrogen and oxygen atoms in total. The molecule has 2 aliphatic rings. The van der Waals surface area contributed by atoms with Crippen molar-refractivity contribution in [3.05, 3.63) is 41.5 Å². The molecule has 134 valence electrons. The Balaban J connectivity index is 1.50. The van der Waals surface area contributed by atoms with Crippen LogP contribution in [0.4, 0.5) is 5.69 Å². The van der Waals surface area contributed by atoms with Gasteiger partial charge in [0.1, 0.15) is 0 Å². The van der Waals surface area contributed by atoms with E-state index in [4.69, 9.17) is 0 Å². The van der Waals surface area contributed by atoms with Crippen molar-refractivity contribution < 1.29 is 9.59 Å². The first-order chi connectivity index (χ1) is 12.2. The van der Waals surface area contributed by atoms with Gasteiger partial charge >= 0.3 is 0 Å². The van der Waals surface area contributed by atoms with Crippen molar-refractivity contribution in [1.82, 2.24) is 5.32 Å². The molecule has 0 spiro atoms. The maximum atomic E-state index is 12.4. The zero-order valence-electron chi connectivity index (χ0n) is 15.1. The quantitative estimate of drug-likeness (QED) is 0.804. The van der Waals surface area contributed by atoms with Gasteiger partial charge in [-0.15, -0.1) is 0 Å². The first-order valence-electron chi connectivity index (χ1n) is 9.52. The zero-order chi connectivity index (χ0) is 17.6. The van der Waals surface area contributed by atoms with Crippen LogP contribution in [0, 0.1) is 5.92 Å². The molecule has 4 heteroatoms. The van der Waals surface area contributed by atoms with Gasteiger partial charge in [-0.05, 0) is 56.2 Å². The summed E-state index contributed by atoms with van der Waals surface area (Å²) in [6.07, 6.45) is 9.44. The monoisotopic (exact) mass is 340 g/mol. The lowest BCUT2D eigenvalue weighted by atomic mass is 9.97. The maximum absolute atomic E-state index is 12.4. The van der Waals surface area contributed by atoms with Crippen molar-refractivity contribution in [3.8, 4) is 0 Å². The number of nitrogens with zero attached hydrogens (tertiary/aromatic N) is 1. The molecule has 2 amide bonds. The summed E-state index contributed by atoms with van der Waals surface area (Å²) < 4.78 is 0. The van der Waals surface area contributed by atoms with E-state index in [2.05, 4.69) is 18.3 Å². The normalized spacial score (nSPS) is 20.5. The molecule has 3 rings (SSSR count). The van der Waals surface area contributed by atoms with E-state index in [0.29, 0.717) is 19.5 Å². The van der Waals surface area contributed by atoms with Gasteiger partial charge in [-0.3, -0.25) is 9.59 Å². The van der Waals surface area contributed by atoms with Crippen LogP contribution in [0.2, 0.25) is 0 Å². The largest absolute Gasteiger partial charge is 0.355 e. The van der Waals surface area contributed by atoms with Gasteiger partial charge in [0.15, 0.2) is 0 Å². The number of hydrogen-bond acceptors (Lipinski definition) is 2. The van der Waals surface area contributed by atoms with Gasteiger partial charge in [-0.2, -0.15) is 0 Å². The van der Waals surface area contributed by atoms with Gasteiger partial charge in [-0.1, -0.05) is 30.7 Å². The van der Waals surface area contributed by atoms with E-state index in [-0.39, 0.29) is 17.7 Å². The zero-order valence-corrected chi connectivity index (χ0v) is 15.1. The summed E-state index contributed by atoms with van der Waals surface area (Å²) in [5.74, 6) is -0.185. The van der Waals surface area contributed by atoms with Crippen LogP contribution in [0.5, 0.6) is 0 Å². The summed E-state index contributed by atoms with van der Waals surface area (Å²) in [5.41, 5.74) is 3.61. The smallest absolute Gasteiger partial charge is 0.227 e. The van der Waals surface area contributed by atoms with Crippen LogP contribution in [-0.2, 0) is 16.0 Å².